The molecule has 2 aromatic carbocycles. The van der Waals surface area contributed by atoms with E-state index in [0.29, 0.717) is 32.1 Å². The van der Waals surface area contributed by atoms with Crippen LogP contribution in [0.5, 0.6) is 0 Å². The van der Waals surface area contributed by atoms with Crippen LogP contribution < -0.4 is 15.1 Å². The highest BCUT2D eigenvalue weighted by molar-refractivity contribution is 7.99. The van der Waals surface area contributed by atoms with Crippen molar-refractivity contribution in [2.24, 2.45) is 0 Å². The van der Waals surface area contributed by atoms with E-state index in [0.717, 1.165) is 62.8 Å². The standard InChI is InChI=1S/C29H30Cl2F2N6OS/c30-20-4-3-5-21(31)27(20)39-24-17-25(38-14-12-37(13-15-38)11-10-36-8-1-2-9-36)28(35-23(24)18-34-29(39)40)41-26-7-6-19(32)16-22(26)33/h3-7,16-17H,1-2,8-15,18H2,(H,34,40). The van der Waals surface area contributed by atoms with E-state index in [2.05, 4.69) is 20.0 Å². The number of pyridine rings is 1. The second kappa shape index (κ2) is 12.3. The van der Waals surface area contributed by atoms with Gasteiger partial charge in [-0.25, -0.2) is 18.6 Å². The van der Waals surface area contributed by atoms with Crippen LogP contribution in [0.25, 0.3) is 0 Å². The van der Waals surface area contributed by atoms with E-state index in [4.69, 9.17) is 28.2 Å². The summed E-state index contributed by atoms with van der Waals surface area (Å²) in [5, 5.41) is 4.10. The van der Waals surface area contributed by atoms with Crippen molar-refractivity contribution in [3.63, 3.8) is 0 Å². The summed E-state index contributed by atoms with van der Waals surface area (Å²) in [5.74, 6) is -1.28. The number of anilines is 3. The minimum absolute atomic E-state index is 0.191. The zero-order chi connectivity index (χ0) is 28.5. The molecule has 3 aromatic rings. The quantitative estimate of drug-likeness (QED) is 0.331. The fourth-order valence-electron chi connectivity index (χ4n) is 5.57. The van der Waals surface area contributed by atoms with Crippen LogP contribution in [0.4, 0.5) is 30.6 Å². The molecule has 41 heavy (non-hydrogen) atoms. The van der Waals surface area contributed by atoms with Crippen LogP contribution in [-0.4, -0.2) is 73.2 Å². The van der Waals surface area contributed by atoms with Gasteiger partial charge in [-0.15, -0.1) is 0 Å². The first kappa shape index (κ1) is 28.5. The van der Waals surface area contributed by atoms with Crippen molar-refractivity contribution >= 4 is 58.1 Å². The molecule has 3 aliphatic rings. The second-order valence-electron chi connectivity index (χ2n) is 10.4. The summed E-state index contributed by atoms with van der Waals surface area (Å²) in [4.78, 5) is 27.0. The second-order valence-corrected chi connectivity index (χ2v) is 12.2. The maximum atomic E-state index is 14.7. The number of amides is 2. The van der Waals surface area contributed by atoms with Crippen molar-refractivity contribution in [1.82, 2.24) is 20.1 Å². The lowest BCUT2D eigenvalue weighted by atomic mass is 10.1. The highest BCUT2D eigenvalue weighted by Gasteiger charge is 2.32. The maximum Gasteiger partial charge on any atom is 0.326 e. The molecule has 2 fully saturated rings. The SMILES string of the molecule is O=C1NCc2nc(Sc3ccc(F)cc3F)c(N3CCN(CCN4CCCC4)CC3)cc2N1c1c(Cl)cccc1Cl. The number of urea groups is 1. The molecule has 4 heterocycles. The third-order valence-corrected chi connectivity index (χ3v) is 9.44. The number of hydrogen-bond donors (Lipinski definition) is 1. The lowest BCUT2D eigenvalue weighted by Crippen LogP contribution is -2.48. The summed E-state index contributed by atoms with van der Waals surface area (Å²) in [6, 6.07) is 10.2. The number of para-hydroxylation sites is 1. The van der Waals surface area contributed by atoms with Gasteiger partial charge >= 0.3 is 6.03 Å². The van der Waals surface area contributed by atoms with Crippen LogP contribution in [0.3, 0.4) is 0 Å². The molecule has 0 unspecified atom stereocenters. The van der Waals surface area contributed by atoms with Crippen LogP contribution in [0.15, 0.2) is 52.4 Å². The first-order chi connectivity index (χ1) is 19.9. The van der Waals surface area contributed by atoms with Gasteiger partial charge in [0.25, 0.3) is 0 Å². The van der Waals surface area contributed by atoms with Gasteiger partial charge in [-0.3, -0.25) is 9.80 Å². The fourth-order valence-corrected chi connectivity index (χ4v) is 7.09. The summed E-state index contributed by atoms with van der Waals surface area (Å²) < 4.78 is 28.4. The van der Waals surface area contributed by atoms with E-state index in [1.807, 2.05) is 6.07 Å². The summed E-state index contributed by atoms with van der Waals surface area (Å²) in [6.07, 6.45) is 2.56. The Kier molecular flexibility index (Phi) is 8.55. The van der Waals surface area contributed by atoms with Crippen molar-refractivity contribution in [3.05, 3.63) is 69.8 Å². The minimum Gasteiger partial charge on any atom is -0.367 e. The molecule has 1 aromatic heterocycles. The Hall–Kier alpha value is -2.63. The molecule has 0 bridgehead atoms. The van der Waals surface area contributed by atoms with Crippen molar-refractivity contribution in [2.45, 2.75) is 29.3 Å². The van der Waals surface area contributed by atoms with E-state index >= 15 is 0 Å². The number of likely N-dealkylation sites (tertiary alicyclic amines) is 1. The molecule has 0 saturated carbocycles. The van der Waals surface area contributed by atoms with Gasteiger partial charge in [0.15, 0.2) is 0 Å². The van der Waals surface area contributed by atoms with Crippen LogP contribution in [0.2, 0.25) is 10.0 Å². The predicted molar refractivity (Wildman–Crippen MR) is 160 cm³/mol. The van der Waals surface area contributed by atoms with Gasteiger partial charge in [-0.05, 0) is 56.3 Å². The Morgan fingerprint density at radius 3 is 2.24 bits per heavy atom. The molecule has 0 aliphatic carbocycles. The van der Waals surface area contributed by atoms with Crippen molar-refractivity contribution in [1.29, 1.82) is 0 Å². The molecule has 0 spiro atoms. The monoisotopic (exact) mass is 618 g/mol. The molecular weight excluding hydrogens is 589 g/mol. The molecule has 3 aliphatic heterocycles. The van der Waals surface area contributed by atoms with Gasteiger partial charge < -0.3 is 15.1 Å². The van der Waals surface area contributed by atoms with E-state index in [1.54, 1.807) is 18.2 Å². The largest absolute Gasteiger partial charge is 0.367 e. The fraction of sp³-hybridized carbons (Fsp3) is 0.379. The number of carbonyl (C=O) groups is 1. The average Bonchev–Trinajstić information content (AvgIpc) is 3.48. The number of rotatable bonds is 7. The van der Waals surface area contributed by atoms with Crippen molar-refractivity contribution in [2.75, 3.05) is 62.2 Å². The van der Waals surface area contributed by atoms with Crippen molar-refractivity contribution < 1.29 is 13.6 Å². The lowest BCUT2D eigenvalue weighted by molar-refractivity contribution is 0.215. The molecule has 12 heteroatoms. The van der Waals surface area contributed by atoms with Gasteiger partial charge in [0.2, 0.25) is 0 Å². The average molecular weight is 620 g/mol. The Balaban J connectivity index is 1.34. The van der Waals surface area contributed by atoms with Crippen molar-refractivity contribution in [3.8, 4) is 0 Å². The third-order valence-electron chi connectivity index (χ3n) is 7.78. The molecule has 2 saturated heterocycles. The van der Waals surface area contributed by atoms with Gasteiger partial charge in [-0.2, -0.15) is 0 Å². The lowest BCUT2D eigenvalue weighted by Gasteiger charge is -2.38. The maximum absolute atomic E-state index is 14.7. The number of benzene rings is 2. The molecular formula is C29H30Cl2F2N6OS. The zero-order valence-corrected chi connectivity index (χ0v) is 24.7. The van der Waals surface area contributed by atoms with E-state index in [-0.39, 0.29) is 17.5 Å². The number of piperazine rings is 1. The van der Waals surface area contributed by atoms with Gasteiger partial charge in [0.1, 0.15) is 16.7 Å². The molecule has 7 nitrogen and oxygen atoms in total. The van der Waals surface area contributed by atoms with Crippen LogP contribution in [0, 0.1) is 11.6 Å². The smallest absolute Gasteiger partial charge is 0.326 e. The predicted octanol–water partition coefficient (Wildman–Crippen LogP) is 6.40. The van der Waals surface area contributed by atoms with E-state index in [1.165, 1.54) is 43.0 Å². The number of hydrogen-bond acceptors (Lipinski definition) is 6. The number of aromatic nitrogens is 1. The summed E-state index contributed by atoms with van der Waals surface area (Å²) in [6.45, 7) is 7.91. The molecule has 6 rings (SSSR count). The first-order valence-electron chi connectivity index (χ1n) is 13.8. The number of nitrogens with zero attached hydrogens (tertiary/aromatic N) is 5. The number of fused-ring (bicyclic) bond motifs is 1. The normalized spacial score (nSPS) is 18.1. The van der Waals surface area contributed by atoms with Crippen LogP contribution in [-0.2, 0) is 6.54 Å². The minimum atomic E-state index is -0.648. The van der Waals surface area contributed by atoms with E-state index < -0.39 is 11.6 Å². The number of carbonyl (C=O) groups excluding carboxylic acids is 1. The van der Waals surface area contributed by atoms with Crippen LogP contribution >= 0.6 is 35.0 Å². The summed E-state index contributed by atoms with van der Waals surface area (Å²) >= 11 is 14.2. The number of halogens is 4. The summed E-state index contributed by atoms with van der Waals surface area (Å²) in [5.41, 5.74) is 2.32. The van der Waals surface area contributed by atoms with Gasteiger partial charge in [0, 0.05) is 50.2 Å². The first-order valence-corrected chi connectivity index (χ1v) is 15.3. The third kappa shape index (κ3) is 6.12. The number of nitrogens with one attached hydrogen (secondary N) is 1. The highest BCUT2D eigenvalue weighted by Crippen LogP contribution is 2.44. The Morgan fingerprint density at radius 1 is 0.878 bits per heavy atom. The Morgan fingerprint density at radius 2 is 1.56 bits per heavy atom. The van der Waals surface area contributed by atoms with Crippen LogP contribution in [0.1, 0.15) is 18.5 Å². The molecule has 1 N–H and O–H groups in total. The molecule has 0 atom stereocenters. The Bertz CT molecular complexity index is 1430. The topological polar surface area (TPSA) is 55.0 Å². The van der Waals surface area contributed by atoms with E-state index in [9.17, 15) is 13.6 Å². The molecule has 216 valence electrons. The summed E-state index contributed by atoms with van der Waals surface area (Å²) in [7, 11) is 0. The molecule has 0 radical (unpaired) electrons. The van der Waals surface area contributed by atoms with Gasteiger partial charge in [0.05, 0.1) is 39.3 Å². The van der Waals surface area contributed by atoms with Gasteiger partial charge in [-0.1, -0.05) is 41.0 Å². The molecule has 2 amide bonds. The highest BCUT2D eigenvalue weighted by atomic mass is 35.5. The zero-order valence-electron chi connectivity index (χ0n) is 22.4. The Labute approximate surface area is 252 Å².